The number of nitrogens with one attached hydrogen (secondary N) is 1. The van der Waals surface area contributed by atoms with Crippen LogP contribution in [-0.2, 0) is 4.74 Å². The number of hydrogen-bond acceptors (Lipinski definition) is 7. The maximum Gasteiger partial charge on any atom is 0.280 e. The number of aryl methyl sites for hydroxylation is 1. The highest BCUT2D eigenvalue weighted by molar-refractivity contribution is 6.04. The molecule has 0 atom stereocenters. The van der Waals surface area contributed by atoms with Crippen molar-refractivity contribution >= 4 is 23.2 Å². The molecule has 0 unspecified atom stereocenters. The molecule has 2 saturated heterocycles. The quantitative estimate of drug-likeness (QED) is 0.539. The van der Waals surface area contributed by atoms with Crippen LogP contribution in [0.15, 0.2) is 48.7 Å². The number of pyridine rings is 2. The van der Waals surface area contributed by atoms with Crippen LogP contribution in [0.2, 0.25) is 0 Å². The zero-order chi connectivity index (χ0) is 25.2. The maximum absolute atomic E-state index is 13.0. The van der Waals surface area contributed by atoms with E-state index in [1.165, 1.54) is 12.3 Å². The van der Waals surface area contributed by atoms with Gasteiger partial charge in [-0.2, -0.15) is 0 Å². The number of morpholine rings is 1. The van der Waals surface area contributed by atoms with E-state index in [2.05, 4.69) is 15.2 Å². The van der Waals surface area contributed by atoms with Gasteiger partial charge < -0.3 is 25.0 Å². The summed E-state index contributed by atoms with van der Waals surface area (Å²) in [7, 11) is 0. The van der Waals surface area contributed by atoms with Crippen molar-refractivity contribution in [3.8, 4) is 11.1 Å². The summed E-state index contributed by atoms with van der Waals surface area (Å²) in [6, 6.07) is 12.1. The highest BCUT2D eigenvalue weighted by atomic mass is 19.3. The van der Waals surface area contributed by atoms with Gasteiger partial charge in [0.25, 0.3) is 12.3 Å². The van der Waals surface area contributed by atoms with Gasteiger partial charge in [0, 0.05) is 43.6 Å². The van der Waals surface area contributed by atoms with E-state index in [1.807, 2.05) is 36.1 Å². The highest BCUT2D eigenvalue weighted by Gasteiger charge is 2.27. The highest BCUT2D eigenvalue weighted by Crippen LogP contribution is 2.33. The van der Waals surface area contributed by atoms with E-state index in [-0.39, 0.29) is 11.7 Å². The minimum atomic E-state index is -2.75. The number of ether oxygens (including phenoxy) is 1. The van der Waals surface area contributed by atoms with Crippen molar-refractivity contribution in [3.05, 3.63) is 65.5 Å². The van der Waals surface area contributed by atoms with Gasteiger partial charge in [0.2, 0.25) is 0 Å². The van der Waals surface area contributed by atoms with Gasteiger partial charge in [-0.1, -0.05) is 6.07 Å². The lowest BCUT2D eigenvalue weighted by atomic mass is 9.99. The molecule has 188 valence electrons. The third-order valence-electron chi connectivity index (χ3n) is 6.39. The summed E-state index contributed by atoms with van der Waals surface area (Å²) in [4.78, 5) is 25.4. The number of carbonyl (C=O) groups is 1. The van der Waals surface area contributed by atoms with Gasteiger partial charge in [0.15, 0.2) is 0 Å². The number of β-amino-alcohol motifs (C(OH)–C–C–N with tert-alkyl or cyclic N) is 1. The standard InChI is InChI=1S/C26H27F2N5O3/c1-16-2-3-19(30-26(35)17-4-5-29-22(10-17)25(27)28)13-21(16)18-11-23(32-6-8-36-9-7-32)31-24(12-18)33-14-20(34)15-33/h2-5,10-13,20,25,34H,6-9,14-15H2,1H3,(H,30,35). The van der Waals surface area contributed by atoms with Gasteiger partial charge in [-0.25, -0.2) is 13.8 Å². The van der Waals surface area contributed by atoms with Gasteiger partial charge in [-0.3, -0.25) is 9.78 Å². The zero-order valence-electron chi connectivity index (χ0n) is 19.8. The first-order valence-corrected chi connectivity index (χ1v) is 11.8. The Kier molecular flexibility index (Phi) is 6.80. The summed E-state index contributed by atoms with van der Waals surface area (Å²) in [5.41, 5.74) is 3.06. The Labute approximate surface area is 207 Å². The molecule has 2 N–H and O–H groups in total. The van der Waals surface area contributed by atoms with E-state index in [9.17, 15) is 18.7 Å². The Morgan fingerprint density at radius 3 is 2.50 bits per heavy atom. The van der Waals surface area contributed by atoms with Crippen LogP contribution in [0.1, 0.15) is 28.0 Å². The lowest BCUT2D eigenvalue weighted by Gasteiger charge is -2.38. The second-order valence-electron chi connectivity index (χ2n) is 8.98. The van der Waals surface area contributed by atoms with Gasteiger partial charge in [-0.15, -0.1) is 0 Å². The zero-order valence-corrected chi connectivity index (χ0v) is 19.8. The van der Waals surface area contributed by atoms with Crippen molar-refractivity contribution in [3.63, 3.8) is 0 Å². The normalized spacial score (nSPS) is 16.2. The van der Waals surface area contributed by atoms with Crippen LogP contribution >= 0.6 is 0 Å². The number of aliphatic hydroxyl groups is 1. The Bertz CT molecular complexity index is 1260. The molecule has 10 heteroatoms. The number of rotatable bonds is 6. The third-order valence-corrected chi connectivity index (χ3v) is 6.39. The molecule has 2 aliphatic heterocycles. The predicted octanol–water partition coefficient (Wildman–Crippen LogP) is 3.66. The fourth-order valence-electron chi connectivity index (χ4n) is 4.34. The number of carbonyl (C=O) groups excluding carboxylic acids is 1. The first-order chi connectivity index (χ1) is 17.4. The van der Waals surface area contributed by atoms with Crippen LogP contribution in [0, 0.1) is 6.92 Å². The lowest BCUT2D eigenvalue weighted by Crippen LogP contribution is -2.51. The summed E-state index contributed by atoms with van der Waals surface area (Å²) >= 11 is 0. The number of anilines is 3. The number of aliphatic hydroxyl groups excluding tert-OH is 1. The van der Waals surface area contributed by atoms with E-state index in [4.69, 9.17) is 9.72 Å². The summed E-state index contributed by atoms with van der Waals surface area (Å²) < 4.78 is 31.5. The topological polar surface area (TPSA) is 90.8 Å². The average molecular weight is 496 g/mol. The molecule has 2 aromatic heterocycles. The van der Waals surface area contributed by atoms with Gasteiger partial charge in [-0.05, 0) is 60.0 Å². The van der Waals surface area contributed by atoms with Crippen LogP contribution in [0.5, 0.6) is 0 Å². The molecule has 1 amide bonds. The minimum absolute atomic E-state index is 0.111. The van der Waals surface area contributed by atoms with E-state index in [0.29, 0.717) is 32.0 Å². The summed E-state index contributed by atoms with van der Waals surface area (Å²) in [5, 5.41) is 12.6. The predicted molar refractivity (Wildman–Crippen MR) is 133 cm³/mol. The van der Waals surface area contributed by atoms with Crippen molar-refractivity contribution < 1.29 is 23.4 Å². The number of halogens is 2. The van der Waals surface area contributed by atoms with Crippen molar-refractivity contribution in [2.75, 3.05) is 54.5 Å². The SMILES string of the molecule is Cc1ccc(NC(=O)c2ccnc(C(F)F)c2)cc1-c1cc(N2CCOCC2)nc(N2CC(O)C2)c1. The Morgan fingerprint density at radius 1 is 1.08 bits per heavy atom. The molecule has 1 aromatic carbocycles. The molecular formula is C26H27F2N5O3. The van der Waals surface area contributed by atoms with Gasteiger partial charge in [0.05, 0.1) is 19.3 Å². The van der Waals surface area contributed by atoms with Gasteiger partial charge >= 0.3 is 0 Å². The number of alkyl halides is 2. The number of hydrogen-bond donors (Lipinski definition) is 2. The molecular weight excluding hydrogens is 468 g/mol. The van der Waals surface area contributed by atoms with E-state index in [0.717, 1.165) is 47.5 Å². The van der Waals surface area contributed by atoms with Crippen LogP contribution in [0.3, 0.4) is 0 Å². The molecule has 2 fully saturated rings. The molecule has 0 radical (unpaired) electrons. The first-order valence-electron chi connectivity index (χ1n) is 11.8. The van der Waals surface area contributed by atoms with Crippen LogP contribution in [0.25, 0.3) is 11.1 Å². The van der Waals surface area contributed by atoms with Crippen molar-refractivity contribution in [2.45, 2.75) is 19.5 Å². The third kappa shape index (κ3) is 5.14. The molecule has 0 spiro atoms. The molecule has 2 aliphatic rings. The number of nitrogens with zero attached hydrogens (tertiary/aromatic N) is 4. The molecule has 0 aliphatic carbocycles. The summed E-state index contributed by atoms with van der Waals surface area (Å²) in [6.07, 6.45) is -1.91. The number of aromatic nitrogens is 2. The average Bonchev–Trinajstić information content (AvgIpc) is 2.88. The smallest absolute Gasteiger partial charge is 0.280 e. The second kappa shape index (κ2) is 10.2. The second-order valence-corrected chi connectivity index (χ2v) is 8.98. The Balaban J connectivity index is 1.46. The monoisotopic (exact) mass is 495 g/mol. The number of benzene rings is 1. The fraction of sp³-hybridized carbons (Fsp3) is 0.346. The van der Waals surface area contributed by atoms with E-state index >= 15 is 0 Å². The van der Waals surface area contributed by atoms with E-state index < -0.39 is 18.0 Å². The van der Waals surface area contributed by atoms with Crippen molar-refractivity contribution in [1.29, 1.82) is 0 Å². The maximum atomic E-state index is 13.0. The first kappa shape index (κ1) is 24.1. The van der Waals surface area contributed by atoms with E-state index in [1.54, 1.807) is 6.07 Å². The Hall–Kier alpha value is -3.63. The fourth-order valence-corrected chi connectivity index (χ4v) is 4.34. The van der Waals surface area contributed by atoms with Crippen LogP contribution in [-0.4, -0.2) is 66.5 Å². The number of amides is 1. The molecule has 3 aromatic rings. The summed E-state index contributed by atoms with van der Waals surface area (Å²) in [6.45, 7) is 5.78. The molecule has 36 heavy (non-hydrogen) atoms. The van der Waals surface area contributed by atoms with Crippen LogP contribution in [0.4, 0.5) is 26.1 Å². The Morgan fingerprint density at radius 2 is 1.81 bits per heavy atom. The van der Waals surface area contributed by atoms with Crippen molar-refractivity contribution in [2.24, 2.45) is 0 Å². The molecule has 5 rings (SSSR count). The molecule has 4 heterocycles. The molecule has 8 nitrogen and oxygen atoms in total. The van der Waals surface area contributed by atoms with Crippen LogP contribution < -0.4 is 15.1 Å². The molecule has 0 bridgehead atoms. The molecule has 0 saturated carbocycles. The minimum Gasteiger partial charge on any atom is -0.389 e. The summed E-state index contributed by atoms with van der Waals surface area (Å²) in [5.74, 6) is 1.12. The van der Waals surface area contributed by atoms with Crippen molar-refractivity contribution in [1.82, 2.24) is 9.97 Å². The lowest BCUT2D eigenvalue weighted by molar-refractivity contribution is 0.102. The van der Waals surface area contributed by atoms with Gasteiger partial charge in [0.1, 0.15) is 17.3 Å². The largest absolute Gasteiger partial charge is 0.389 e.